The molecule has 1 aromatic heterocycles. The van der Waals surface area contributed by atoms with Crippen molar-refractivity contribution in [2.24, 2.45) is 0 Å². The first-order valence-corrected chi connectivity index (χ1v) is 7.79. The van der Waals surface area contributed by atoms with Gasteiger partial charge < -0.3 is 9.88 Å². The van der Waals surface area contributed by atoms with Gasteiger partial charge in [0.2, 0.25) is 0 Å². The maximum Gasteiger partial charge on any atom is 0.128 e. The normalized spacial score (nSPS) is 10.6. The van der Waals surface area contributed by atoms with Crippen LogP contribution in [0, 0.1) is 0 Å². The summed E-state index contributed by atoms with van der Waals surface area (Å²) in [5, 5.41) is 3.50. The van der Waals surface area contributed by atoms with Gasteiger partial charge in [-0.1, -0.05) is 26.0 Å². The molecule has 0 aliphatic carbocycles. The first-order chi connectivity index (χ1) is 9.35. The summed E-state index contributed by atoms with van der Waals surface area (Å²) in [4.78, 5) is 5.72. The van der Waals surface area contributed by atoms with E-state index in [1.807, 2.05) is 24.2 Å². The Morgan fingerprint density at radius 3 is 2.89 bits per heavy atom. The van der Waals surface area contributed by atoms with Crippen LogP contribution in [0.2, 0.25) is 0 Å². The summed E-state index contributed by atoms with van der Waals surface area (Å²) in [5.41, 5.74) is 1.19. The second kappa shape index (κ2) is 7.24. The SMILES string of the molecule is CCCn1ccnc1CNc1ccccc1SCC. The Balaban J connectivity index is 2.03. The van der Waals surface area contributed by atoms with Crippen molar-refractivity contribution < 1.29 is 0 Å². The van der Waals surface area contributed by atoms with Crippen LogP contribution in [-0.4, -0.2) is 15.3 Å². The fourth-order valence-electron chi connectivity index (χ4n) is 2.02. The maximum absolute atomic E-state index is 4.42. The highest BCUT2D eigenvalue weighted by atomic mass is 32.2. The highest BCUT2D eigenvalue weighted by molar-refractivity contribution is 7.99. The molecular weight excluding hydrogens is 254 g/mol. The van der Waals surface area contributed by atoms with Crippen molar-refractivity contribution in [2.45, 2.75) is 38.3 Å². The zero-order chi connectivity index (χ0) is 13.5. The lowest BCUT2D eigenvalue weighted by molar-refractivity contribution is 0.644. The fourth-order valence-corrected chi connectivity index (χ4v) is 2.80. The predicted octanol–water partition coefficient (Wildman–Crippen LogP) is 4.02. The summed E-state index contributed by atoms with van der Waals surface area (Å²) < 4.78 is 2.21. The molecule has 0 spiro atoms. The van der Waals surface area contributed by atoms with Gasteiger partial charge in [0, 0.05) is 29.5 Å². The number of rotatable bonds is 7. The van der Waals surface area contributed by atoms with Gasteiger partial charge in [-0.3, -0.25) is 0 Å². The maximum atomic E-state index is 4.42. The Morgan fingerprint density at radius 2 is 2.11 bits per heavy atom. The van der Waals surface area contributed by atoms with E-state index in [0.29, 0.717) is 0 Å². The molecule has 0 unspecified atom stereocenters. The molecule has 102 valence electrons. The third-order valence-corrected chi connectivity index (χ3v) is 3.85. The lowest BCUT2D eigenvalue weighted by atomic mass is 10.3. The van der Waals surface area contributed by atoms with Crippen molar-refractivity contribution >= 4 is 17.4 Å². The van der Waals surface area contributed by atoms with Crippen molar-refractivity contribution in [1.29, 1.82) is 0 Å². The lowest BCUT2D eigenvalue weighted by Crippen LogP contribution is -2.08. The minimum Gasteiger partial charge on any atom is -0.377 e. The molecule has 0 aliphatic rings. The number of anilines is 1. The van der Waals surface area contributed by atoms with E-state index in [1.54, 1.807) is 0 Å². The van der Waals surface area contributed by atoms with Crippen LogP contribution >= 0.6 is 11.8 Å². The van der Waals surface area contributed by atoms with E-state index >= 15 is 0 Å². The molecule has 0 saturated carbocycles. The molecule has 0 saturated heterocycles. The lowest BCUT2D eigenvalue weighted by Gasteiger charge is -2.12. The largest absolute Gasteiger partial charge is 0.377 e. The second-order valence-electron chi connectivity index (χ2n) is 4.32. The molecule has 1 heterocycles. The average Bonchev–Trinajstić information content (AvgIpc) is 2.86. The number of para-hydroxylation sites is 1. The molecule has 2 rings (SSSR count). The summed E-state index contributed by atoms with van der Waals surface area (Å²) in [7, 11) is 0. The van der Waals surface area contributed by atoms with E-state index in [9.17, 15) is 0 Å². The highest BCUT2D eigenvalue weighted by Gasteiger charge is 2.04. The van der Waals surface area contributed by atoms with Gasteiger partial charge in [-0.15, -0.1) is 11.8 Å². The van der Waals surface area contributed by atoms with Crippen LogP contribution in [0.4, 0.5) is 5.69 Å². The number of hydrogen-bond donors (Lipinski definition) is 1. The van der Waals surface area contributed by atoms with E-state index in [2.05, 4.69) is 53.0 Å². The van der Waals surface area contributed by atoms with E-state index in [0.717, 1.165) is 31.1 Å². The monoisotopic (exact) mass is 275 g/mol. The summed E-state index contributed by atoms with van der Waals surface area (Å²) in [6.45, 7) is 6.16. The Labute approximate surface area is 119 Å². The van der Waals surface area contributed by atoms with Gasteiger partial charge in [0.05, 0.1) is 6.54 Å². The fraction of sp³-hybridized carbons (Fsp3) is 0.400. The number of thioether (sulfide) groups is 1. The topological polar surface area (TPSA) is 29.9 Å². The van der Waals surface area contributed by atoms with E-state index < -0.39 is 0 Å². The Kier molecular flexibility index (Phi) is 5.33. The van der Waals surface area contributed by atoms with E-state index in [4.69, 9.17) is 0 Å². The minimum absolute atomic E-state index is 0.772. The first-order valence-electron chi connectivity index (χ1n) is 6.80. The molecule has 0 fully saturated rings. The zero-order valence-electron chi connectivity index (χ0n) is 11.6. The number of hydrogen-bond acceptors (Lipinski definition) is 3. The third kappa shape index (κ3) is 3.77. The Bertz CT molecular complexity index is 508. The van der Waals surface area contributed by atoms with Gasteiger partial charge in [0.15, 0.2) is 0 Å². The quantitative estimate of drug-likeness (QED) is 0.774. The van der Waals surface area contributed by atoms with Crippen molar-refractivity contribution in [1.82, 2.24) is 9.55 Å². The number of aryl methyl sites for hydroxylation is 1. The first kappa shape index (κ1) is 14.0. The molecule has 4 heteroatoms. The standard InChI is InChI=1S/C15H21N3S/c1-3-10-18-11-9-16-15(18)12-17-13-7-5-6-8-14(13)19-4-2/h5-9,11,17H,3-4,10,12H2,1-2H3. The van der Waals surface area contributed by atoms with Gasteiger partial charge >= 0.3 is 0 Å². The molecule has 0 atom stereocenters. The van der Waals surface area contributed by atoms with Gasteiger partial charge in [0.1, 0.15) is 5.82 Å². The van der Waals surface area contributed by atoms with Gasteiger partial charge in [-0.2, -0.15) is 0 Å². The summed E-state index contributed by atoms with van der Waals surface area (Å²) in [6, 6.07) is 8.45. The number of nitrogens with one attached hydrogen (secondary N) is 1. The van der Waals surface area contributed by atoms with Gasteiger partial charge in [-0.05, 0) is 24.3 Å². The molecule has 3 nitrogen and oxygen atoms in total. The third-order valence-electron chi connectivity index (χ3n) is 2.89. The summed E-state index contributed by atoms with van der Waals surface area (Å²) in [5.74, 6) is 2.18. The van der Waals surface area contributed by atoms with Crippen LogP contribution in [-0.2, 0) is 13.1 Å². The molecule has 1 N–H and O–H groups in total. The Morgan fingerprint density at radius 1 is 1.26 bits per heavy atom. The predicted molar refractivity (Wildman–Crippen MR) is 82.7 cm³/mol. The number of benzene rings is 1. The second-order valence-corrected chi connectivity index (χ2v) is 5.63. The molecule has 0 bridgehead atoms. The number of aromatic nitrogens is 2. The molecular formula is C15H21N3S. The van der Waals surface area contributed by atoms with E-state index in [1.165, 1.54) is 10.6 Å². The van der Waals surface area contributed by atoms with Crippen molar-refractivity contribution in [2.75, 3.05) is 11.1 Å². The zero-order valence-corrected chi connectivity index (χ0v) is 12.4. The van der Waals surface area contributed by atoms with Crippen LogP contribution in [0.15, 0.2) is 41.6 Å². The molecule has 2 aromatic rings. The average molecular weight is 275 g/mol. The van der Waals surface area contributed by atoms with Crippen LogP contribution in [0.3, 0.4) is 0 Å². The van der Waals surface area contributed by atoms with Crippen molar-refractivity contribution in [3.8, 4) is 0 Å². The highest BCUT2D eigenvalue weighted by Crippen LogP contribution is 2.26. The molecule has 0 radical (unpaired) electrons. The van der Waals surface area contributed by atoms with Crippen molar-refractivity contribution in [3.63, 3.8) is 0 Å². The van der Waals surface area contributed by atoms with Crippen LogP contribution in [0.25, 0.3) is 0 Å². The van der Waals surface area contributed by atoms with Crippen LogP contribution < -0.4 is 5.32 Å². The van der Waals surface area contributed by atoms with Crippen molar-refractivity contribution in [3.05, 3.63) is 42.5 Å². The van der Waals surface area contributed by atoms with Crippen LogP contribution in [0.5, 0.6) is 0 Å². The smallest absolute Gasteiger partial charge is 0.128 e. The Hall–Kier alpha value is -1.42. The summed E-state index contributed by atoms with van der Waals surface area (Å²) >= 11 is 1.86. The molecule has 0 amide bonds. The minimum atomic E-state index is 0.772. The van der Waals surface area contributed by atoms with Gasteiger partial charge in [-0.25, -0.2) is 4.98 Å². The molecule has 0 aliphatic heterocycles. The number of nitrogens with zero attached hydrogens (tertiary/aromatic N) is 2. The van der Waals surface area contributed by atoms with Crippen LogP contribution in [0.1, 0.15) is 26.1 Å². The molecule has 1 aromatic carbocycles. The molecule has 19 heavy (non-hydrogen) atoms. The summed E-state index contributed by atoms with van der Waals surface area (Å²) in [6.07, 6.45) is 5.05. The number of imidazole rings is 1. The van der Waals surface area contributed by atoms with Gasteiger partial charge in [0.25, 0.3) is 0 Å². The van der Waals surface area contributed by atoms with E-state index in [-0.39, 0.29) is 0 Å².